The first-order chi connectivity index (χ1) is 13.9. The van der Waals surface area contributed by atoms with E-state index in [1.807, 2.05) is 19.1 Å². The van der Waals surface area contributed by atoms with Crippen LogP contribution in [0.2, 0.25) is 0 Å². The first kappa shape index (κ1) is 20.1. The number of hydrogen-bond acceptors (Lipinski definition) is 6. The van der Waals surface area contributed by atoms with Crippen LogP contribution in [0.4, 0.5) is 22.0 Å². The van der Waals surface area contributed by atoms with Crippen molar-refractivity contribution in [3.63, 3.8) is 0 Å². The number of urea groups is 1. The number of carbonyl (C=O) groups excluding carboxylic acids is 1. The molecule has 9 nitrogen and oxygen atoms in total. The van der Waals surface area contributed by atoms with Gasteiger partial charge in [-0.05, 0) is 43.3 Å². The number of anilines is 3. The predicted octanol–water partition coefficient (Wildman–Crippen LogP) is 3.24. The fourth-order valence-corrected chi connectivity index (χ4v) is 3.39. The number of nitrogens with one attached hydrogen (secondary N) is 3. The summed E-state index contributed by atoms with van der Waals surface area (Å²) in [5.74, 6) is 0.0387. The van der Waals surface area contributed by atoms with Crippen LogP contribution < -0.4 is 20.1 Å². The third-order valence-corrected chi connectivity index (χ3v) is 5.18. The van der Waals surface area contributed by atoms with Gasteiger partial charge in [-0.1, -0.05) is 17.7 Å². The number of sulfonamides is 1. The number of hydrogen-bond donors (Lipinski definition) is 3. The van der Waals surface area contributed by atoms with E-state index in [9.17, 15) is 13.2 Å². The molecule has 0 unspecified atom stereocenters. The second-order valence-electron chi connectivity index (χ2n) is 5.99. The summed E-state index contributed by atoms with van der Waals surface area (Å²) < 4.78 is 32.4. The molecule has 2 aromatic carbocycles. The zero-order valence-electron chi connectivity index (χ0n) is 15.7. The predicted molar refractivity (Wildman–Crippen MR) is 110 cm³/mol. The molecule has 0 aliphatic carbocycles. The number of ether oxygens (including phenoxy) is 1. The third-order valence-electron chi connectivity index (χ3n) is 3.82. The Morgan fingerprint density at radius 3 is 2.03 bits per heavy atom. The summed E-state index contributed by atoms with van der Waals surface area (Å²) in [6, 6.07) is 12.6. The molecule has 0 bridgehead atoms. The highest BCUT2D eigenvalue weighted by molar-refractivity contribution is 7.92. The molecule has 0 aliphatic rings. The van der Waals surface area contributed by atoms with Gasteiger partial charge < -0.3 is 15.4 Å². The summed E-state index contributed by atoms with van der Waals surface area (Å²) in [5, 5.41) is 5.34. The van der Waals surface area contributed by atoms with E-state index in [1.165, 1.54) is 43.8 Å². The van der Waals surface area contributed by atoms with Crippen molar-refractivity contribution in [3.8, 4) is 5.88 Å². The minimum Gasteiger partial charge on any atom is -0.478 e. The summed E-state index contributed by atoms with van der Waals surface area (Å²) in [7, 11) is -2.54. The molecule has 3 rings (SSSR count). The van der Waals surface area contributed by atoms with E-state index in [2.05, 4.69) is 25.3 Å². The van der Waals surface area contributed by atoms with E-state index in [1.54, 1.807) is 12.1 Å². The van der Waals surface area contributed by atoms with Crippen LogP contribution in [-0.2, 0) is 10.0 Å². The molecule has 29 heavy (non-hydrogen) atoms. The highest BCUT2D eigenvalue weighted by atomic mass is 32.2. The Morgan fingerprint density at radius 2 is 1.45 bits per heavy atom. The van der Waals surface area contributed by atoms with E-state index >= 15 is 0 Å². The lowest BCUT2D eigenvalue weighted by Crippen LogP contribution is -2.19. The molecule has 150 valence electrons. The minimum atomic E-state index is -3.90. The standard InChI is InChI=1S/C19H19N5O4S/c1-13-3-5-14(6-4-13)22-19(25)23-15-7-9-16(10-8-15)29(26,27)24-17-18(28-2)21-12-11-20-17/h3-12H,1-2H3,(H,20,24)(H2,22,23,25). The molecule has 1 aromatic heterocycles. The molecule has 0 atom stereocenters. The van der Waals surface area contributed by atoms with Crippen LogP contribution >= 0.6 is 0 Å². The van der Waals surface area contributed by atoms with E-state index in [0.29, 0.717) is 11.4 Å². The van der Waals surface area contributed by atoms with Crippen molar-refractivity contribution in [1.29, 1.82) is 0 Å². The average molecular weight is 413 g/mol. The van der Waals surface area contributed by atoms with Crippen molar-refractivity contribution in [2.24, 2.45) is 0 Å². The number of amides is 2. The highest BCUT2D eigenvalue weighted by Crippen LogP contribution is 2.22. The molecule has 3 aromatic rings. The van der Waals surface area contributed by atoms with Gasteiger partial charge in [0.15, 0.2) is 0 Å². The van der Waals surface area contributed by atoms with Crippen LogP contribution in [0.15, 0.2) is 65.8 Å². The largest absolute Gasteiger partial charge is 0.478 e. The highest BCUT2D eigenvalue weighted by Gasteiger charge is 2.18. The Balaban J connectivity index is 1.67. The van der Waals surface area contributed by atoms with Gasteiger partial charge in [-0.15, -0.1) is 0 Å². The summed E-state index contributed by atoms with van der Waals surface area (Å²) in [4.78, 5) is 19.9. The first-order valence-corrected chi connectivity index (χ1v) is 9.98. The van der Waals surface area contributed by atoms with E-state index in [0.717, 1.165) is 5.56 Å². The molecule has 0 spiro atoms. The zero-order valence-corrected chi connectivity index (χ0v) is 16.5. The molecule has 0 saturated carbocycles. The van der Waals surface area contributed by atoms with Crippen molar-refractivity contribution in [3.05, 3.63) is 66.5 Å². The normalized spacial score (nSPS) is 10.8. The maximum Gasteiger partial charge on any atom is 0.323 e. The molecule has 1 heterocycles. The van der Waals surface area contributed by atoms with Crippen LogP contribution in [0.3, 0.4) is 0 Å². The van der Waals surface area contributed by atoms with E-state index < -0.39 is 16.1 Å². The number of rotatable bonds is 6. The number of benzene rings is 2. The van der Waals surface area contributed by atoms with Gasteiger partial charge in [0.2, 0.25) is 5.82 Å². The van der Waals surface area contributed by atoms with Crippen molar-refractivity contribution in [1.82, 2.24) is 9.97 Å². The SMILES string of the molecule is COc1nccnc1NS(=O)(=O)c1ccc(NC(=O)Nc2ccc(C)cc2)cc1. The fourth-order valence-electron chi connectivity index (χ4n) is 2.38. The van der Waals surface area contributed by atoms with E-state index in [-0.39, 0.29) is 16.6 Å². The van der Waals surface area contributed by atoms with Gasteiger partial charge in [-0.3, -0.25) is 4.72 Å². The zero-order chi connectivity index (χ0) is 20.9. The van der Waals surface area contributed by atoms with E-state index in [4.69, 9.17) is 4.74 Å². The van der Waals surface area contributed by atoms with Crippen LogP contribution in [-0.4, -0.2) is 31.5 Å². The Labute approximate surface area is 168 Å². The summed E-state index contributed by atoms with van der Waals surface area (Å²) >= 11 is 0. The smallest absolute Gasteiger partial charge is 0.323 e. The molecule has 0 saturated heterocycles. The number of carbonyl (C=O) groups is 1. The van der Waals surface area contributed by atoms with Crippen LogP contribution in [0.1, 0.15) is 5.56 Å². The van der Waals surface area contributed by atoms with Crippen molar-refractivity contribution < 1.29 is 17.9 Å². The minimum absolute atomic E-state index is 0.00491. The molecule has 0 fully saturated rings. The summed E-state index contributed by atoms with van der Waals surface area (Å²) in [5.41, 5.74) is 2.17. The fraction of sp³-hybridized carbons (Fsp3) is 0.105. The van der Waals surface area contributed by atoms with Gasteiger partial charge in [0.05, 0.1) is 12.0 Å². The maximum absolute atomic E-state index is 12.5. The average Bonchev–Trinajstić information content (AvgIpc) is 2.70. The Hall–Kier alpha value is -3.66. The second kappa shape index (κ2) is 8.57. The van der Waals surface area contributed by atoms with Crippen molar-refractivity contribution in [2.75, 3.05) is 22.5 Å². The number of aryl methyl sites for hydroxylation is 1. The monoisotopic (exact) mass is 413 g/mol. The summed E-state index contributed by atoms with van der Waals surface area (Å²) in [6.45, 7) is 1.95. The molecular formula is C19H19N5O4S. The molecule has 0 radical (unpaired) electrons. The Kier molecular flexibility index (Phi) is 5.93. The molecule has 0 aliphatic heterocycles. The van der Waals surface area contributed by atoms with Gasteiger partial charge in [0.1, 0.15) is 0 Å². The van der Waals surface area contributed by atoms with Crippen LogP contribution in [0.5, 0.6) is 5.88 Å². The lowest BCUT2D eigenvalue weighted by molar-refractivity contribution is 0.262. The van der Waals surface area contributed by atoms with Gasteiger partial charge in [-0.2, -0.15) is 0 Å². The van der Waals surface area contributed by atoms with Gasteiger partial charge in [0.25, 0.3) is 15.9 Å². The number of methoxy groups -OCH3 is 1. The lowest BCUT2D eigenvalue weighted by Gasteiger charge is -2.11. The molecule has 3 N–H and O–H groups in total. The summed E-state index contributed by atoms with van der Waals surface area (Å²) in [6.07, 6.45) is 2.73. The van der Waals surface area contributed by atoms with Crippen molar-refractivity contribution in [2.45, 2.75) is 11.8 Å². The third kappa shape index (κ3) is 5.20. The van der Waals surface area contributed by atoms with Crippen molar-refractivity contribution >= 4 is 33.2 Å². The van der Waals surface area contributed by atoms with Crippen LogP contribution in [0.25, 0.3) is 0 Å². The van der Waals surface area contributed by atoms with Gasteiger partial charge in [0, 0.05) is 23.8 Å². The molecule has 10 heteroatoms. The quantitative estimate of drug-likeness (QED) is 0.570. The lowest BCUT2D eigenvalue weighted by atomic mass is 10.2. The Bertz CT molecular complexity index is 1100. The number of nitrogens with zero attached hydrogens (tertiary/aromatic N) is 2. The number of aromatic nitrogens is 2. The van der Waals surface area contributed by atoms with Gasteiger partial charge >= 0.3 is 6.03 Å². The second-order valence-corrected chi connectivity index (χ2v) is 7.67. The molecule has 2 amide bonds. The maximum atomic E-state index is 12.5. The Morgan fingerprint density at radius 1 is 0.897 bits per heavy atom. The topological polar surface area (TPSA) is 122 Å². The van der Waals surface area contributed by atoms with Gasteiger partial charge in [-0.25, -0.2) is 23.2 Å². The molecular weight excluding hydrogens is 394 g/mol. The first-order valence-electron chi connectivity index (χ1n) is 8.50. The van der Waals surface area contributed by atoms with Crippen LogP contribution in [0, 0.1) is 6.92 Å².